The van der Waals surface area contributed by atoms with Crippen LogP contribution in [0.25, 0.3) is 0 Å². The van der Waals surface area contributed by atoms with E-state index in [1.54, 1.807) is 6.20 Å². The third-order valence-corrected chi connectivity index (χ3v) is 3.57. The van der Waals surface area contributed by atoms with Crippen LogP contribution >= 0.6 is 0 Å². The van der Waals surface area contributed by atoms with Crippen LogP contribution in [0.3, 0.4) is 0 Å². The predicted octanol–water partition coefficient (Wildman–Crippen LogP) is 1.69. The van der Waals surface area contributed by atoms with Gasteiger partial charge < -0.3 is 9.31 Å². The first kappa shape index (κ1) is 11.6. The molecule has 1 aromatic heterocycles. The first-order valence-corrected chi connectivity index (χ1v) is 5.60. The molecule has 4 heteroatoms. The SMILES string of the molecule is Cc1cnccc1B1OC(C)(C)C(C)(C)O1. The van der Waals surface area contributed by atoms with Crippen LogP contribution in [0.5, 0.6) is 0 Å². The molecule has 1 aliphatic heterocycles. The number of rotatable bonds is 1. The van der Waals surface area contributed by atoms with Crippen molar-refractivity contribution < 1.29 is 9.31 Å². The first-order valence-electron chi connectivity index (χ1n) is 5.60. The van der Waals surface area contributed by atoms with E-state index in [9.17, 15) is 0 Å². The molecule has 1 saturated heterocycles. The minimum absolute atomic E-state index is 0.284. The van der Waals surface area contributed by atoms with E-state index in [4.69, 9.17) is 9.31 Å². The first-order chi connectivity index (χ1) is 7.33. The monoisotopic (exact) mass is 219 g/mol. The maximum atomic E-state index is 5.98. The van der Waals surface area contributed by atoms with Gasteiger partial charge in [0.2, 0.25) is 0 Å². The molecule has 3 nitrogen and oxygen atoms in total. The van der Waals surface area contributed by atoms with Gasteiger partial charge in [0.15, 0.2) is 0 Å². The van der Waals surface area contributed by atoms with E-state index < -0.39 is 0 Å². The maximum Gasteiger partial charge on any atom is 0.495 e. The summed E-state index contributed by atoms with van der Waals surface area (Å²) in [5.41, 5.74) is 1.59. The van der Waals surface area contributed by atoms with Crippen molar-refractivity contribution >= 4 is 12.6 Å². The highest BCUT2D eigenvalue weighted by Crippen LogP contribution is 2.36. The van der Waals surface area contributed by atoms with Gasteiger partial charge in [0, 0.05) is 12.4 Å². The molecule has 0 atom stereocenters. The summed E-state index contributed by atoms with van der Waals surface area (Å²) < 4.78 is 12.0. The fraction of sp³-hybridized carbons (Fsp3) is 0.583. The van der Waals surface area contributed by atoms with E-state index in [1.165, 1.54) is 0 Å². The van der Waals surface area contributed by atoms with Gasteiger partial charge in [-0.3, -0.25) is 4.98 Å². The molecule has 0 spiro atoms. The molecule has 2 rings (SSSR count). The van der Waals surface area contributed by atoms with Gasteiger partial charge in [-0.05, 0) is 51.7 Å². The Labute approximate surface area is 97.3 Å². The molecule has 1 aromatic rings. The van der Waals surface area contributed by atoms with Crippen molar-refractivity contribution in [2.24, 2.45) is 0 Å². The number of aryl methyl sites for hydroxylation is 1. The summed E-state index contributed by atoms with van der Waals surface area (Å²) in [6.45, 7) is 10.3. The van der Waals surface area contributed by atoms with Gasteiger partial charge in [0.05, 0.1) is 11.2 Å². The predicted molar refractivity (Wildman–Crippen MR) is 64.7 cm³/mol. The van der Waals surface area contributed by atoms with Crippen LogP contribution in [0, 0.1) is 6.92 Å². The smallest absolute Gasteiger partial charge is 0.399 e. The third-order valence-electron chi connectivity index (χ3n) is 3.57. The van der Waals surface area contributed by atoms with Crippen LogP contribution in [-0.2, 0) is 9.31 Å². The molecule has 0 radical (unpaired) electrons. The molecule has 0 bridgehead atoms. The number of hydrogen-bond acceptors (Lipinski definition) is 3. The van der Waals surface area contributed by atoms with E-state index in [0.717, 1.165) is 11.0 Å². The molecule has 0 amide bonds. The van der Waals surface area contributed by atoms with Gasteiger partial charge >= 0.3 is 7.12 Å². The van der Waals surface area contributed by atoms with Crippen molar-refractivity contribution in [1.82, 2.24) is 4.98 Å². The zero-order chi connectivity index (χ0) is 12.0. The summed E-state index contributed by atoms with van der Waals surface area (Å²) in [6.07, 6.45) is 3.60. The number of hydrogen-bond donors (Lipinski definition) is 0. The van der Waals surface area contributed by atoms with Crippen molar-refractivity contribution in [3.8, 4) is 0 Å². The van der Waals surface area contributed by atoms with Crippen LogP contribution in [0.15, 0.2) is 18.5 Å². The van der Waals surface area contributed by atoms with Gasteiger partial charge in [-0.15, -0.1) is 0 Å². The Kier molecular flexibility index (Phi) is 2.59. The standard InChI is InChI=1S/C12H18BNO2/c1-9-8-14-7-6-10(9)13-15-11(2,3)12(4,5)16-13/h6-8H,1-5H3. The zero-order valence-corrected chi connectivity index (χ0v) is 10.6. The number of nitrogens with zero attached hydrogens (tertiary/aromatic N) is 1. The summed E-state index contributed by atoms with van der Waals surface area (Å²) in [4.78, 5) is 4.08. The molecular weight excluding hydrogens is 201 g/mol. The lowest BCUT2D eigenvalue weighted by atomic mass is 9.77. The number of aromatic nitrogens is 1. The Morgan fingerprint density at radius 1 is 1.12 bits per heavy atom. The Balaban J connectivity index is 2.31. The highest BCUT2D eigenvalue weighted by atomic mass is 16.7. The lowest BCUT2D eigenvalue weighted by Gasteiger charge is -2.32. The second-order valence-electron chi connectivity index (χ2n) is 5.32. The zero-order valence-electron chi connectivity index (χ0n) is 10.6. The van der Waals surface area contributed by atoms with Crippen molar-refractivity contribution in [2.45, 2.75) is 45.8 Å². The van der Waals surface area contributed by atoms with Crippen molar-refractivity contribution in [2.75, 3.05) is 0 Å². The lowest BCUT2D eigenvalue weighted by molar-refractivity contribution is 0.00578. The largest absolute Gasteiger partial charge is 0.495 e. The Hall–Kier alpha value is -0.865. The molecule has 0 aliphatic carbocycles. The summed E-state index contributed by atoms with van der Waals surface area (Å²) >= 11 is 0. The fourth-order valence-electron chi connectivity index (χ4n) is 1.72. The minimum atomic E-state index is -0.284. The highest BCUT2D eigenvalue weighted by molar-refractivity contribution is 6.62. The van der Waals surface area contributed by atoms with E-state index in [1.807, 2.05) is 19.2 Å². The summed E-state index contributed by atoms with van der Waals surface area (Å²) in [6, 6.07) is 1.96. The molecule has 2 heterocycles. The third kappa shape index (κ3) is 1.76. The topological polar surface area (TPSA) is 31.4 Å². The quantitative estimate of drug-likeness (QED) is 0.673. The van der Waals surface area contributed by atoms with E-state index in [2.05, 4.69) is 32.7 Å². The van der Waals surface area contributed by atoms with Crippen LogP contribution in [0.1, 0.15) is 33.3 Å². The molecule has 0 N–H and O–H groups in total. The van der Waals surface area contributed by atoms with Gasteiger partial charge in [-0.1, -0.05) is 0 Å². The van der Waals surface area contributed by atoms with Crippen molar-refractivity contribution in [1.29, 1.82) is 0 Å². The van der Waals surface area contributed by atoms with E-state index in [0.29, 0.717) is 0 Å². The molecular formula is C12H18BNO2. The summed E-state index contributed by atoms with van der Waals surface area (Å²) in [5, 5.41) is 0. The van der Waals surface area contributed by atoms with Crippen molar-refractivity contribution in [3.05, 3.63) is 24.0 Å². The highest BCUT2D eigenvalue weighted by Gasteiger charge is 2.51. The maximum absolute atomic E-state index is 5.98. The minimum Gasteiger partial charge on any atom is -0.399 e. The molecule has 0 unspecified atom stereocenters. The molecule has 0 saturated carbocycles. The Bertz CT molecular complexity index is 388. The molecule has 1 aliphatic rings. The van der Waals surface area contributed by atoms with Crippen LogP contribution in [0.2, 0.25) is 0 Å². The second-order valence-corrected chi connectivity index (χ2v) is 5.32. The second kappa shape index (κ2) is 3.57. The summed E-state index contributed by atoms with van der Waals surface area (Å²) in [5.74, 6) is 0. The van der Waals surface area contributed by atoms with E-state index in [-0.39, 0.29) is 18.3 Å². The van der Waals surface area contributed by atoms with Crippen LogP contribution in [-0.4, -0.2) is 23.3 Å². The molecule has 1 fully saturated rings. The van der Waals surface area contributed by atoms with Crippen LogP contribution in [0.4, 0.5) is 0 Å². The van der Waals surface area contributed by atoms with E-state index >= 15 is 0 Å². The summed E-state index contributed by atoms with van der Waals surface area (Å²) in [7, 11) is -0.284. The molecule has 86 valence electrons. The van der Waals surface area contributed by atoms with Crippen LogP contribution < -0.4 is 5.46 Å². The Morgan fingerprint density at radius 2 is 1.69 bits per heavy atom. The molecule has 16 heavy (non-hydrogen) atoms. The fourth-order valence-corrected chi connectivity index (χ4v) is 1.72. The Morgan fingerprint density at radius 3 is 2.19 bits per heavy atom. The normalized spacial score (nSPS) is 22.4. The average Bonchev–Trinajstić information content (AvgIpc) is 2.36. The van der Waals surface area contributed by atoms with Crippen molar-refractivity contribution in [3.63, 3.8) is 0 Å². The van der Waals surface area contributed by atoms with Gasteiger partial charge in [-0.25, -0.2) is 0 Å². The van der Waals surface area contributed by atoms with Gasteiger partial charge in [0.25, 0.3) is 0 Å². The average molecular weight is 219 g/mol. The molecule has 0 aromatic carbocycles. The van der Waals surface area contributed by atoms with Gasteiger partial charge in [-0.2, -0.15) is 0 Å². The lowest BCUT2D eigenvalue weighted by Crippen LogP contribution is -2.41. The number of pyridine rings is 1. The van der Waals surface area contributed by atoms with Gasteiger partial charge in [0.1, 0.15) is 0 Å².